The Balaban J connectivity index is 1.48. The monoisotopic (exact) mass is 558 g/mol. The zero-order valence-electron chi connectivity index (χ0n) is 19.2. The van der Waals surface area contributed by atoms with Crippen LogP contribution in [0, 0.1) is 6.92 Å². The molecule has 3 aromatic carbocycles. The zero-order chi connectivity index (χ0) is 25.8. The van der Waals surface area contributed by atoms with E-state index in [1.165, 1.54) is 7.11 Å². The molecule has 1 fully saturated rings. The van der Waals surface area contributed by atoms with Crippen molar-refractivity contribution in [1.82, 2.24) is 10.4 Å². The van der Waals surface area contributed by atoms with Gasteiger partial charge in [-0.1, -0.05) is 65.3 Å². The summed E-state index contributed by atoms with van der Waals surface area (Å²) < 4.78 is 11.6. The number of nitrogens with one attached hydrogen (secondary N) is 1. The van der Waals surface area contributed by atoms with Crippen LogP contribution in [0.4, 0.5) is 0 Å². The second kappa shape index (κ2) is 11.3. The number of amides is 2. The van der Waals surface area contributed by atoms with Crippen LogP contribution in [0.1, 0.15) is 27.0 Å². The Bertz CT molecular complexity index is 1390. The van der Waals surface area contributed by atoms with Crippen LogP contribution in [0.5, 0.6) is 11.5 Å². The van der Waals surface area contributed by atoms with Crippen LogP contribution in [0.15, 0.2) is 65.6 Å². The summed E-state index contributed by atoms with van der Waals surface area (Å²) in [5, 5.41) is 2.14. The number of benzene rings is 3. The molecule has 0 bridgehead atoms. The Hall–Kier alpha value is -3.04. The van der Waals surface area contributed by atoms with Gasteiger partial charge in [-0.05, 0) is 66.7 Å². The maximum atomic E-state index is 13.0. The third kappa shape index (κ3) is 5.84. The summed E-state index contributed by atoms with van der Waals surface area (Å²) in [6.45, 7) is 2.05. The number of nitrogens with zero attached hydrogens (tertiary/aromatic N) is 1. The Kier molecular flexibility index (Phi) is 8.21. The van der Waals surface area contributed by atoms with Crippen LogP contribution in [0.2, 0.25) is 10.0 Å². The number of carbonyl (C=O) groups excluding carboxylic acids is 2. The van der Waals surface area contributed by atoms with E-state index in [-0.39, 0.29) is 10.9 Å². The third-order valence-electron chi connectivity index (χ3n) is 5.28. The molecule has 1 aliphatic rings. The molecule has 6 nitrogen and oxygen atoms in total. The highest BCUT2D eigenvalue weighted by Gasteiger charge is 2.34. The smallest absolute Gasteiger partial charge is 0.285 e. The van der Waals surface area contributed by atoms with Crippen molar-refractivity contribution in [3.63, 3.8) is 0 Å². The van der Waals surface area contributed by atoms with E-state index in [1.54, 1.807) is 54.6 Å². The van der Waals surface area contributed by atoms with Gasteiger partial charge in [-0.15, -0.1) is 0 Å². The van der Waals surface area contributed by atoms with E-state index in [9.17, 15) is 9.59 Å². The first-order valence-electron chi connectivity index (χ1n) is 10.7. The van der Waals surface area contributed by atoms with Gasteiger partial charge >= 0.3 is 0 Å². The van der Waals surface area contributed by atoms with Gasteiger partial charge in [0.05, 0.1) is 12.0 Å². The van der Waals surface area contributed by atoms with Crippen molar-refractivity contribution in [3.8, 4) is 11.5 Å². The Morgan fingerprint density at radius 2 is 1.89 bits per heavy atom. The van der Waals surface area contributed by atoms with Crippen molar-refractivity contribution in [1.29, 1.82) is 0 Å². The standard InChI is InChI=1S/C26H20Cl2N2O4S2/c1-15-5-3-4-6-19(15)24(31)29-30-25(32)23(36-26(30)35)12-16-7-10-21(22(11-16)33-2)34-14-17-8-9-18(27)13-20(17)28/h3-13H,14H2,1-2H3,(H,29,31)/b23-12-. The molecule has 0 spiro atoms. The number of carbonyl (C=O) groups is 2. The summed E-state index contributed by atoms with van der Waals surface area (Å²) in [5.41, 5.74) is 5.35. The summed E-state index contributed by atoms with van der Waals surface area (Å²) in [6.07, 6.45) is 1.68. The molecule has 0 radical (unpaired) electrons. The molecule has 36 heavy (non-hydrogen) atoms. The summed E-state index contributed by atoms with van der Waals surface area (Å²) in [7, 11) is 1.53. The number of rotatable bonds is 7. The Labute approximate surface area is 228 Å². The predicted molar refractivity (Wildman–Crippen MR) is 147 cm³/mol. The van der Waals surface area contributed by atoms with Crippen LogP contribution in [-0.2, 0) is 11.4 Å². The first kappa shape index (κ1) is 26.0. The number of hydrogen-bond acceptors (Lipinski definition) is 6. The normalized spacial score (nSPS) is 14.3. The van der Waals surface area contributed by atoms with E-state index in [1.807, 2.05) is 19.1 Å². The van der Waals surface area contributed by atoms with Crippen LogP contribution in [0.25, 0.3) is 6.08 Å². The summed E-state index contributed by atoms with van der Waals surface area (Å²) >= 11 is 18.6. The van der Waals surface area contributed by atoms with E-state index >= 15 is 0 Å². The first-order chi connectivity index (χ1) is 17.3. The number of halogens is 2. The molecule has 4 rings (SSSR count). The molecular formula is C26H20Cl2N2O4S2. The Morgan fingerprint density at radius 3 is 2.61 bits per heavy atom. The first-order valence-corrected chi connectivity index (χ1v) is 12.6. The van der Waals surface area contributed by atoms with Crippen molar-refractivity contribution >= 4 is 69.4 Å². The number of ether oxygens (including phenoxy) is 2. The molecule has 184 valence electrons. The number of aryl methyl sites for hydroxylation is 1. The van der Waals surface area contributed by atoms with Crippen molar-refractivity contribution < 1.29 is 19.1 Å². The fourth-order valence-corrected chi connectivity index (χ4v) is 5.03. The topological polar surface area (TPSA) is 67.9 Å². The van der Waals surface area contributed by atoms with E-state index in [2.05, 4.69) is 5.43 Å². The molecule has 0 aromatic heterocycles. The lowest BCUT2D eigenvalue weighted by molar-refractivity contribution is -0.123. The molecule has 0 aliphatic carbocycles. The highest BCUT2D eigenvalue weighted by Crippen LogP contribution is 2.35. The number of hydrogen-bond donors (Lipinski definition) is 1. The van der Waals surface area contributed by atoms with Crippen LogP contribution < -0.4 is 14.9 Å². The largest absolute Gasteiger partial charge is 0.493 e. The third-order valence-corrected chi connectivity index (χ3v) is 7.17. The zero-order valence-corrected chi connectivity index (χ0v) is 22.4. The molecule has 0 atom stereocenters. The number of thiocarbonyl (C=S) groups is 1. The van der Waals surface area contributed by atoms with E-state index < -0.39 is 11.8 Å². The van der Waals surface area contributed by atoms with Crippen LogP contribution in [-0.4, -0.2) is 28.3 Å². The molecule has 1 aliphatic heterocycles. The quantitative estimate of drug-likeness (QED) is 0.266. The average Bonchev–Trinajstić information content (AvgIpc) is 3.11. The highest BCUT2D eigenvalue weighted by atomic mass is 35.5. The fraction of sp³-hybridized carbons (Fsp3) is 0.115. The molecule has 0 saturated carbocycles. The SMILES string of the molecule is COc1cc(/C=C2\SC(=S)N(NC(=O)c3ccccc3C)C2=O)ccc1OCc1ccc(Cl)cc1Cl. The van der Waals surface area contributed by atoms with E-state index in [4.69, 9.17) is 44.9 Å². The minimum absolute atomic E-state index is 0.227. The molecule has 1 saturated heterocycles. The summed E-state index contributed by atoms with van der Waals surface area (Å²) in [6, 6.07) is 17.6. The predicted octanol–water partition coefficient (Wildman–Crippen LogP) is 6.44. The van der Waals surface area contributed by atoms with Crippen molar-refractivity contribution in [2.75, 3.05) is 7.11 Å². The molecule has 1 N–H and O–H groups in total. The Morgan fingerprint density at radius 1 is 1.11 bits per heavy atom. The second-order valence-corrected chi connectivity index (χ2v) is 10.2. The van der Waals surface area contributed by atoms with Gasteiger partial charge in [-0.3, -0.25) is 15.0 Å². The highest BCUT2D eigenvalue weighted by molar-refractivity contribution is 8.26. The lowest BCUT2D eigenvalue weighted by Crippen LogP contribution is -2.45. The van der Waals surface area contributed by atoms with Gasteiger partial charge in [0, 0.05) is 21.2 Å². The lowest BCUT2D eigenvalue weighted by Gasteiger charge is -2.16. The van der Waals surface area contributed by atoms with E-state index in [0.29, 0.717) is 37.6 Å². The average molecular weight is 559 g/mol. The molecule has 2 amide bonds. The van der Waals surface area contributed by atoms with Gasteiger partial charge < -0.3 is 9.47 Å². The lowest BCUT2D eigenvalue weighted by atomic mass is 10.1. The summed E-state index contributed by atoms with van der Waals surface area (Å²) in [4.78, 5) is 26.0. The molecule has 0 unspecified atom stereocenters. The molecular weight excluding hydrogens is 539 g/mol. The van der Waals surface area contributed by atoms with Crippen LogP contribution in [0.3, 0.4) is 0 Å². The van der Waals surface area contributed by atoms with Gasteiger partial charge in [-0.25, -0.2) is 0 Å². The van der Waals surface area contributed by atoms with Gasteiger partial charge in [0.1, 0.15) is 6.61 Å². The van der Waals surface area contributed by atoms with E-state index in [0.717, 1.165) is 27.9 Å². The van der Waals surface area contributed by atoms with Gasteiger partial charge in [0.15, 0.2) is 15.8 Å². The number of methoxy groups -OCH3 is 1. The molecule has 1 heterocycles. The van der Waals surface area contributed by atoms with Crippen molar-refractivity contribution in [3.05, 3.63) is 97.9 Å². The number of hydrazine groups is 1. The molecule has 10 heteroatoms. The van der Waals surface area contributed by atoms with Crippen molar-refractivity contribution in [2.45, 2.75) is 13.5 Å². The minimum Gasteiger partial charge on any atom is -0.493 e. The van der Waals surface area contributed by atoms with Gasteiger partial charge in [0.2, 0.25) is 0 Å². The minimum atomic E-state index is -0.413. The molecule has 3 aromatic rings. The maximum absolute atomic E-state index is 13.0. The second-order valence-electron chi connectivity index (χ2n) is 7.71. The van der Waals surface area contributed by atoms with Gasteiger partial charge in [-0.2, -0.15) is 5.01 Å². The van der Waals surface area contributed by atoms with Gasteiger partial charge in [0.25, 0.3) is 11.8 Å². The van der Waals surface area contributed by atoms with Crippen molar-refractivity contribution in [2.24, 2.45) is 0 Å². The maximum Gasteiger partial charge on any atom is 0.285 e. The number of thioether (sulfide) groups is 1. The summed E-state index contributed by atoms with van der Waals surface area (Å²) in [5.74, 6) is 0.175. The van der Waals surface area contributed by atoms with Crippen LogP contribution >= 0.6 is 47.2 Å². The fourth-order valence-electron chi connectivity index (χ4n) is 3.39.